The highest BCUT2D eigenvalue weighted by atomic mass is 127. The van der Waals surface area contributed by atoms with Crippen molar-refractivity contribution < 1.29 is 29.0 Å². The minimum atomic E-state index is -1.24. The highest BCUT2D eigenvalue weighted by molar-refractivity contribution is 14.1. The number of aromatic carboxylic acids is 1. The number of hydrogen-bond acceptors (Lipinski definition) is 5. The van der Waals surface area contributed by atoms with Gasteiger partial charge in [-0.1, -0.05) is 0 Å². The predicted molar refractivity (Wildman–Crippen MR) is 118 cm³/mol. The zero-order valence-corrected chi connectivity index (χ0v) is 20.0. The molecule has 0 spiro atoms. The lowest BCUT2D eigenvalue weighted by molar-refractivity contribution is -0.120. The Balaban J connectivity index is 3.46. The first kappa shape index (κ1) is 23.3. The summed E-state index contributed by atoms with van der Waals surface area (Å²) in [5.74, 6) is -2.75. The van der Waals surface area contributed by atoms with Crippen LogP contribution >= 0.6 is 67.8 Å². The summed E-state index contributed by atoms with van der Waals surface area (Å²) in [6, 6.07) is 0. The lowest BCUT2D eigenvalue weighted by atomic mass is 10.1. The highest BCUT2D eigenvalue weighted by Gasteiger charge is 2.28. The molecular formula is C14H14I3N3O6. The Hall–Kier alpha value is -0.750. The van der Waals surface area contributed by atoms with Gasteiger partial charge in [0.2, 0.25) is 11.8 Å². The van der Waals surface area contributed by atoms with E-state index in [0.717, 1.165) is 0 Å². The summed E-state index contributed by atoms with van der Waals surface area (Å²) >= 11 is 5.43. The lowest BCUT2D eigenvalue weighted by Crippen LogP contribution is -2.36. The van der Waals surface area contributed by atoms with Gasteiger partial charge in [-0.05, 0) is 67.8 Å². The number of carbonyl (C=O) groups is 4. The van der Waals surface area contributed by atoms with Crippen molar-refractivity contribution in [3.05, 3.63) is 21.8 Å². The van der Waals surface area contributed by atoms with Crippen LogP contribution < -0.4 is 16.0 Å². The molecular weight excluding hydrogens is 687 g/mol. The first-order valence-electron chi connectivity index (χ1n) is 6.86. The zero-order valence-electron chi connectivity index (χ0n) is 13.5. The van der Waals surface area contributed by atoms with Gasteiger partial charge in [-0.2, -0.15) is 0 Å². The Labute approximate surface area is 189 Å². The number of carbonyl (C=O) groups excluding carboxylic acids is 3. The second-order valence-corrected chi connectivity index (χ2v) is 7.95. The average molecular weight is 701 g/mol. The Kier molecular flexibility index (Phi) is 9.45. The molecule has 1 aromatic carbocycles. The normalized spacial score (nSPS) is 10.2. The van der Waals surface area contributed by atoms with E-state index in [1.165, 1.54) is 14.2 Å². The molecule has 0 bridgehead atoms. The largest absolute Gasteiger partial charge is 0.478 e. The van der Waals surface area contributed by atoms with E-state index in [9.17, 15) is 24.3 Å². The number of hydrogen-bond donors (Lipinski definition) is 4. The second kappa shape index (κ2) is 10.5. The van der Waals surface area contributed by atoms with Gasteiger partial charge < -0.3 is 25.8 Å². The van der Waals surface area contributed by atoms with E-state index in [4.69, 9.17) is 4.74 Å². The molecule has 12 heteroatoms. The van der Waals surface area contributed by atoms with Crippen molar-refractivity contribution in [3.8, 4) is 0 Å². The van der Waals surface area contributed by atoms with Gasteiger partial charge in [0.15, 0.2) is 0 Å². The number of benzene rings is 1. The van der Waals surface area contributed by atoms with Gasteiger partial charge in [0.25, 0.3) is 5.91 Å². The summed E-state index contributed by atoms with van der Waals surface area (Å²) in [4.78, 5) is 47.4. The van der Waals surface area contributed by atoms with Crippen molar-refractivity contribution >= 4 is 97.2 Å². The standard InChI is InChI=1S/C14H14I3N3O6/c1-18-5(21)3-19-13(23)7-9(15)8(14(24)25)11(17)12(10(7)16)20-6(22)4-26-2/h3-4H2,1-2H3,(H,18,21)(H,19,23)(H,20,22)(H,24,25). The van der Waals surface area contributed by atoms with Crippen LogP contribution in [0.2, 0.25) is 0 Å². The molecule has 4 N–H and O–H groups in total. The quantitative estimate of drug-likeness (QED) is 0.317. The van der Waals surface area contributed by atoms with E-state index >= 15 is 0 Å². The molecule has 0 heterocycles. The number of carboxylic acids is 1. The van der Waals surface area contributed by atoms with Crippen molar-refractivity contribution in [2.45, 2.75) is 0 Å². The van der Waals surface area contributed by atoms with Crippen molar-refractivity contribution in [1.29, 1.82) is 0 Å². The van der Waals surface area contributed by atoms with Crippen LogP contribution in [0.15, 0.2) is 0 Å². The van der Waals surface area contributed by atoms with Crippen molar-refractivity contribution in [2.24, 2.45) is 0 Å². The number of anilines is 1. The number of methoxy groups -OCH3 is 1. The first-order valence-corrected chi connectivity index (χ1v) is 10.1. The van der Waals surface area contributed by atoms with Crippen LogP contribution in [-0.4, -0.2) is 56.1 Å². The van der Waals surface area contributed by atoms with Crippen LogP contribution in [0.1, 0.15) is 20.7 Å². The molecule has 1 aromatic rings. The second-order valence-electron chi connectivity index (χ2n) is 4.71. The first-order chi connectivity index (χ1) is 12.1. The Morgan fingerprint density at radius 1 is 1.00 bits per heavy atom. The van der Waals surface area contributed by atoms with E-state index in [1.54, 1.807) is 45.2 Å². The highest BCUT2D eigenvalue weighted by Crippen LogP contribution is 2.35. The molecule has 0 saturated carbocycles. The number of carboxylic acid groups (broad SMARTS) is 1. The van der Waals surface area contributed by atoms with E-state index < -0.39 is 23.7 Å². The monoisotopic (exact) mass is 701 g/mol. The van der Waals surface area contributed by atoms with Crippen molar-refractivity contribution in [1.82, 2.24) is 10.6 Å². The van der Waals surface area contributed by atoms with E-state index in [0.29, 0.717) is 3.57 Å². The molecule has 0 saturated heterocycles. The number of halogens is 3. The maximum absolute atomic E-state index is 12.5. The van der Waals surface area contributed by atoms with Crippen LogP contribution in [0.5, 0.6) is 0 Å². The fourth-order valence-corrected chi connectivity index (χ4v) is 6.19. The van der Waals surface area contributed by atoms with E-state index in [-0.39, 0.29) is 37.1 Å². The van der Waals surface area contributed by atoms with Crippen LogP contribution in [0.25, 0.3) is 0 Å². The molecule has 142 valence electrons. The molecule has 26 heavy (non-hydrogen) atoms. The SMILES string of the molecule is CNC(=O)CNC(=O)c1c(I)c(NC(=O)COC)c(I)c(C(=O)O)c1I. The third kappa shape index (κ3) is 5.62. The molecule has 3 amide bonds. The maximum atomic E-state index is 12.5. The average Bonchev–Trinajstić information content (AvgIpc) is 2.56. The number of likely N-dealkylation sites (N-methyl/N-ethyl adjacent to an activating group) is 1. The van der Waals surface area contributed by atoms with Crippen LogP contribution in [-0.2, 0) is 14.3 Å². The van der Waals surface area contributed by atoms with Crippen LogP contribution in [0, 0.1) is 10.7 Å². The van der Waals surface area contributed by atoms with Crippen molar-refractivity contribution in [3.63, 3.8) is 0 Å². The maximum Gasteiger partial charge on any atom is 0.337 e. The smallest absolute Gasteiger partial charge is 0.337 e. The molecule has 0 aliphatic carbocycles. The summed E-state index contributed by atoms with van der Waals surface area (Å²) < 4.78 is 5.61. The molecule has 0 aromatic heterocycles. The van der Waals surface area contributed by atoms with Gasteiger partial charge in [-0.15, -0.1) is 0 Å². The summed E-state index contributed by atoms with van der Waals surface area (Å²) in [5.41, 5.74) is 0.168. The molecule has 9 nitrogen and oxygen atoms in total. The topological polar surface area (TPSA) is 134 Å². The van der Waals surface area contributed by atoms with E-state index in [2.05, 4.69) is 16.0 Å². The molecule has 0 aliphatic heterocycles. The Bertz CT molecular complexity index is 769. The van der Waals surface area contributed by atoms with Gasteiger partial charge in [-0.3, -0.25) is 14.4 Å². The Morgan fingerprint density at radius 2 is 1.58 bits per heavy atom. The number of ether oxygens (including phenoxy) is 1. The minimum absolute atomic E-state index is 0.0700. The van der Waals surface area contributed by atoms with E-state index in [1.807, 2.05) is 22.6 Å². The fraction of sp³-hybridized carbons (Fsp3) is 0.286. The number of rotatable bonds is 7. The number of nitrogens with one attached hydrogen (secondary N) is 3. The van der Waals surface area contributed by atoms with Gasteiger partial charge >= 0.3 is 5.97 Å². The lowest BCUT2D eigenvalue weighted by Gasteiger charge is -2.18. The van der Waals surface area contributed by atoms with Crippen LogP contribution in [0.4, 0.5) is 5.69 Å². The summed E-state index contributed by atoms with van der Waals surface area (Å²) in [7, 11) is 2.78. The predicted octanol–water partition coefficient (Wildman–Crippen LogP) is 1.26. The van der Waals surface area contributed by atoms with Crippen molar-refractivity contribution in [2.75, 3.05) is 32.6 Å². The molecule has 0 fully saturated rings. The van der Waals surface area contributed by atoms with Gasteiger partial charge in [0.1, 0.15) is 6.61 Å². The number of amides is 3. The van der Waals surface area contributed by atoms with Gasteiger partial charge in [-0.25, -0.2) is 4.79 Å². The third-order valence-corrected chi connectivity index (χ3v) is 6.22. The molecule has 0 radical (unpaired) electrons. The molecule has 0 aliphatic rings. The third-order valence-electron chi connectivity index (χ3n) is 2.99. The fourth-order valence-electron chi connectivity index (χ4n) is 1.80. The molecule has 0 unspecified atom stereocenters. The molecule has 1 rings (SSSR count). The van der Waals surface area contributed by atoms with Crippen LogP contribution in [0.3, 0.4) is 0 Å². The summed E-state index contributed by atoms with van der Waals surface area (Å²) in [6.45, 7) is -0.486. The summed E-state index contributed by atoms with van der Waals surface area (Å²) in [6.07, 6.45) is 0. The molecule has 0 atom stereocenters. The van der Waals surface area contributed by atoms with Gasteiger partial charge in [0, 0.05) is 17.7 Å². The zero-order chi connectivity index (χ0) is 20.0. The minimum Gasteiger partial charge on any atom is -0.478 e. The van der Waals surface area contributed by atoms with Gasteiger partial charge in [0.05, 0.1) is 30.5 Å². The summed E-state index contributed by atoms with van der Waals surface area (Å²) in [5, 5.41) is 16.9. The Morgan fingerprint density at radius 3 is 2.08 bits per heavy atom.